The molecule has 0 spiro atoms. The number of hydrogen-bond acceptors (Lipinski definition) is 3. The third-order valence-corrected chi connectivity index (χ3v) is 5.02. The van der Waals surface area contributed by atoms with Gasteiger partial charge in [-0.2, -0.15) is 0 Å². The van der Waals surface area contributed by atoms with Crippen molar-refractivity contribution in [3.05, 3.63) is 65.2 Å². The first-order valence-corrected chi connectivity index (χ1v) is 10.2. The molecule has 2 aromatic rings. The molecule has 2 N–H and O–H groups in total. The maximum Gasteiger partial charge on any atom is 0.256 e. The van der Waals surface area contributed by atoms with E-state index in [1.54, 1.807) is 0 Å². The van der Waals surface area contributed by atoms with Crippen molar-refractivity contribution in [1.82, 2.24) is 10.2 Å². The highest BCUT2D eigenvalue weighted by atomic mass is 16.2. The van der Waals surface area contributed by atoms with Gasteiger partial charge in [0.25, 0.3) is 11.8 Å². The van der Waals surface area contributed by atoms with E-state index in [9.17, 15) is 9.59 Å². The highest BCUT2D eigenvalue weighted by Crippen LogP contribution is 2.34. The van der Waals surface area contributed by atoms with Gasteiger partial charge < -0.3 is 15.5 Å². The molecule has 1 heterocycles. The maximum atomic E-state index is 12.8. The van der Waals surface area contributed by atoms with Crippen LogP contribution in [0.4, 0.5) is 5.69 Å². The monoisotopic (exact) mass is 379 g/mol. The molecule has 3 rings (SSSR count). The van der Waals surface area contributed by atoms with E-state index >= 15 is 0 Å². The molecule has 1 aliphatic rings. The molecule has 28 heavy (non-hydrogen) atoms. The fraction of sp³-hybridized carbons (Fsp3) is 0.391. The molecule has 0 saturated carbocycles. The summed E-state index contributed by atoms with van der Waals surface area (Å²) in [6, 6.07) is 15.2. The molecule has 2 amide bonds. The zero-order valence-electron chi connectivity index (χ0n) is 16.7. The van der Waals surface area contributed by atoms with Gasteiger partial charge in [-0.1, -0.05) is 51.0 Å². The summed E-state index contributed by atoms with van der Waals surface area (Å²) < 4.78 is 0. The number of carbonyl (C=O) groups excluding carboxylic acids is 2. The SMILES string of the molecule is CCCCCNC(=O)c1cccc(N[C@@H]2c3ccccc3C(=O)N2CCC)c1. The molecule has 0 aliphatic carbocycles. The molecule has 1 atom stereocenters. The molecule has 0 fully saturated rings. The molecular formula is C23H29N3O2. The van der Waals surface area contributed by atoms with Crippen LogP contribution >= 0.6 is 0 Å². The number of carbonyl (C=O) groups is 2. The van der Waals surface area contributed by atoms with Crippen LogP contribution in [0.2, 0.25) is 0 Å². The van der Waals surface area contributed by atoms with Crippen LogP contribution in [0.25, 0.3) is 0 Å². The Balaban J connectivity index is 1.75. The van der Waals surface area contributed by atoms with Gasteiger partial charge in [0.15, 0.2) is 0 Å². The summed E-state index contributed by atoms with van der Waals surface area (Å²) in [7, 11) is 0. The predicted octanol–water partition coefficient (Wildman–Crippen LogP) is 4.58. The van der Waals surface area contributed by atoms with E-state index in [2.05, 4.69) is 24.5 Å². The number of anilines is 1. The van der Waals surface area contributed by atoms with Crippen molar-refractivity contribution < 1.29 is 9.59 Å². The number of nitrogens with one attached hydrogen (secondary N) is 2. The quantitative estimate of drug-likeness (QED) is 0.627. The molecule has 1 aliphatic heterocycles. The fourth-order valence-corrected chi connectivity index (χ4v) is 3.58. The summed E-state index contributed by atoms with van der Waals surface area (Å²) >= 11 is 0. The lowest BCUT2D eigenvalue weighted by molar-refractivity contribution is 0.0742. The first-order valence-electron chi connectivity index (χ1n) is 10.2. The van der Waals surface area contributed by atoms with E-state index in [1.807, 2.05) is 53.4 Å². The van der Waals surface area contributed by atoms with Gasteiger partial charge in [-0.3, -0.25) is 9.59 Å². The number of fused-ring (bicyclic) bond motifs is 1. The van der Waals surface area contributed by atoms with Gasteiger partial charge in [0.2, 0.25) is 0 Å². The van der Waals surface area contributed by atoms with E-state index in [1.165, 1.54) is 0 Å². The van der Waals surface area contributed by atoms with Crippen LogP contribution in [0.15, 0.2) is 48.5 Å². The van der Waals surface area contributed by atoms with E-state index in [4.69, 9.17) is 0 Å². The van der Waals surface area contributed by atoms with Crippen molar-refractivity contribution in [1.29, 1.82) is 0 Å². The molecule has 0 radical (unpaired) electrons. The van der Waals surface area contributed by atoms with Crippen LogP contribution in [0, 0.1) is 0 Å². The molecule has 5 heteroatoms. The summed E-state index contributed by atoms with van der Waals surface area (Å²) in [5.41, 5.74) is 3.19. The Hall–Kier alpha value is -2.82. The third-order valence-electron chi connectivity index (χ3n) is 5.02. The number of hydrogen-bond donors (Lipinski definition) is 2. The average molecular weight is 380 g/mol. The zero-order valence-corrected chi connectivity index (χ0v) is 16.7. The van der Waals surface area contributed by atoms with Crippen molar-refractivity contribution in [2.45, 2.75) is 45.7 Å². The highest BCUT2D eigenvalue weighted by molar-refractivity contribution is 5.99. The van der Waals surface area contributed by atoms with Crippen molar-refractivity contribution in [3.63, 3.8) is 0 Å². The highest BCUT2D eigenvalue weighted by Gasteiger charge is 2.35. The van der Waals surface area contributed by atoms with Gasteiger partial charge >= 0.3 is 0 Å². The van der Waals surface area contributed by atoms with Crippen molar-refractivity contribution >= 4 is 17.5 Å². The summed E-state index contributed by atoms with van der Waals surface area (Å²) in [6.45, 7) is 5.59. The number of benzene rings is 2. The smallest absolute Gasteiger partial charge is 0.256 e. The van der Waals surface area contributed by atoms with Gasteiger partial charge in [-0.05, 0) is 37.1 Å². The summed E-state index contributed by atoms with van der Waals surface area (Å²) in [5.74, 6) is -0.00663. The Kier molecular flexibility index (Phi) is 6.69. The molecule has 0 unspecified atom stereocenters. The van der Waals surface area contributed by atoms with Gasteiger partial charge in [0.05, 0.1) is 0 Å². The first-order chi connectivity index (χ1) is 13.7. The second-order valence-corrected chi connectivity index (χ2v) is 7.18. The normalized spacial score (nSPS) is 15.4. The topological polar surface area (TPSA) is 61.4 Å². The Bertz CT molecular complexity index is 834. The Morgan fingerprint density at radius 1 is 1.04 bits per heavy atom. The summed E-state index contributed by atoms with van der Waals surface area (Å²) in [5, 5.41) is 6.43. The van der Waals surface area contributed by atoms with Gasteiger partial charge in [0.1, 0.15) is 6.17 Å². The maximum absolute atomic E-state index is 12.8. The molecule has 0 aromatic heterocycles. The number of rotatable bonds is 9. The number of unbranched alkanes of at least 4 members (excludes halogenated alkanes) is 2. The second-order valence-electron chi connectivity index (χ2n) is 7.18. The van der Waals surface area contributed by atoms with Crippen LogP contribution in [0.5, 0.6) is 0 Å². The largest absolute Gasteiger partial charge is 0.361 e. The lowest BCUT2D eigenvalue weighted by atomic mass is 10.1. The average Bonchev–Trinajstić information content (AvgIpc) is 2.98. The summed E-state index contributed by atoms with van der Waals surface area (Å²) in [4.78, 5) is 27.0. The zero-order chi connectivity index (χ0) is 19.9. The van der Waals surface area contributed by atoms with E-state index < -0.39 is 0 Å². The van der Waals surface area contributed by atoms with Crippen LogP contribution < -0.4 is 10.6 Å². The minimum atomic E-state index is -0.216. The van der Waals surface area contributed by atoms with Gasteiger partial charge in [0, 0.05) is 35.5 Å². The predicted molar refractivity (Wildman–Crippen MR) is 112 cm³/mol. The molecule has 0 saturated heterocycles. The van der Waals surface area contributed by atoms with Crippen molar-refractivity contribution in [3.8, 4) is 0 Å². The third kappa shape index (κ3) is 4.35. The van der Waals surface area contributed by atoms with Crippen LogP contribution in [0.1, 0.15) is 72.0 Å². The van der Waals surface area contributed by atoms with Crippen molar-refractivity contribution in [2.75, 3.05) is 18.4 Å². The lowest BCUT2D eigenvalue weighted by Gasteiger charge is -2.27. The molecule has 2 aromatic carbocycles. The summed E-state index contributed by atoms with van der Waals surface area (Å²) in [6.07, 6.45) is 3.91. The molecular weight excluding hydrogens is 350 g/mol. The standard InChI is InChI=1S/C23H29N3O2/c1-3-5-8-14-24-22(27)17-10-9-11-18(16-17)25-21-19-12-6-7-13-20(19)23(28)26(21)15-4-2/h6-7,9-13,16,21,25H,3-5,8,14-15H2,1-2H3,(H,24,27)/t21-/m0/s1. The van der Waals surface area contributed by atoms with E-state index in [-0.39, 0.29) is 18.0 Å². The Morgan fingerprint density at radius 2 is 1.86 bits per heavy atom. The van der Waals surface area contributed by atoms with Crippen LogP contribution in [-0.4, -0.2) is 29.8 Å². The minimum Gasteiger partial charge on any atom is -0.361 e. The molecule has 0 bridgehead atoms. The van der Waals surface area contributed by atoms with Crippen molar-refractivity contribution in [2.24, 2.45) is 0 Å². The van der Waals surface area contributed by atoms with Crippen LogP contribution in [-0.2, 0) is 0 Å². The first kappa shape index (κ1) is 19.9. The minimum absolute atomic E-state index is 0.0553. The Morgan fingerprint density at radius 3 is 2.64 bits per heavy atom. The Labute approximate surface area is 167 Å². The molecule has 148 valence electrons. The van der Waals surface area contributed by atoms with E-state index in [0.717, 1.165) is 42.5 Å². The fourth-order valence-electron chi connectivity index (χ4n) is 3.58. The number of amides is 2. The number of nitrogens with zero attached hydrogens (tertiary/aromatic N) is 1. The second kappa shape index (κ2) is 9.40. The lowest BCUT2D eigenvalue weighted by Crippen LogP contribution is -2.33. The van der Waals surface area contributed by atoms with Gasteiger partial charge in [-0.15, -0.1) is 0 Å². The van der Waals surface area contributed by atoms with E-state index in [0.29, 0.717) is 18.7 Å². The molecule has 5 nitrogen and oxygen atoms in total. The van der Waals surface area contributed by atoms with Crippen LogP contribution in [0.3, 0.4) is 0 Å². The van der Waals surface area contributed by atoms with Gasteiger partial charge in [-0.25, -0.2) is 0 Å².